The zero-order chi connectivity index (χ0) is 18.5. The van der Waals surface area contributed by atoms with Gasteiger partial charge in [0.25, 0.3) is 5.22 Å². The topological polar surface area (TPSA) is 70.3 Å². The molecule has 0 N–H and O–H groups in total. The monoisotopic (exact) mass is 371 g/mol. The van der Waals surface area contributed by atoms with Crippen LogP contribution < -0.4 is 9.47 Å². The van der Waals surface area contributed by atoms with E-state index in [0.717, 1.165) is 33.9 Å². The number of methoxy groups -OCH3 is 2. The van der Waals surface area contributed by atoms with Crippen LogP contribution in [0.4, 0.5) is 0 Å². The average Bonchev–Trinajstić information content (AvgIpc) is 3.09. The third kappa shape index (κ3) is 3.99. The van der Waals surface area contributed by atoms with Crippen molar-refractivity contribution < 1.29 is 13.9 Å². The van der Waals surface area contributed by atoms with Crippen molar-refractivity contribution in [3.63, 3.8) is 0 Å². The fraction of sp³-hybridized carbons (Fsp3) is 0.316. The molecular formula is C19H21N3O3S. The molecule has 7 heteroatoms. The number of hydrogen-bond donors (Lipinski definition) is 0. The van der Waals surface area contributed by atoms with Crippen molar-refractivity contribution in [3.05, 3.63) is 58.7 Å². The van der Waals surface area contributed by atoms with Crippen LogP contribution in [0.15, 0.2) is 40.1 Å². The Morgan fingerprint density at radius 1 is 1.08 bits per heavy atom. The summed E-state index contributed by atoms with van der Waals surface area (Å²) in [6.45, 7) is 3.99. The molecule has 2 heterocycles. The summed E-state index contributed by atoms with van der Waals surface area (Å²) < 4.78 is 16.6. The van der Waals surface area contributed by atoms with Crippen LogP contribution >= 0.6 is 11.8 Å². The molecule has 26 heavy (non-hydrogen) atoms. The summed E-state index contributed by atoms with van der Waals surface area (Å²) in [5.41, 5.74) is 4.02. The Kier molecular flexibility index (Phi) is 5.78. The molecule has 0 fully saturated rings. The Bertz CT molecular complexity index is 895. The molecule has 0 saturated carbocycles. The average molecular weight is 371 g/mol. The number of ether oxygens (including phenoxy) is 2. The van der Waals surface area contributed by atoms with E-state index in [-0.39, 0.29) is 0 Å². The lowest BCUT2D eigenvalue weighted by atomic mass is 10.1. The van der Waals surface area contributed by atoms with Gasteiger partial charge in [-0.1, -0.05) is 30.0 Å². The number of benzene rings is 1. The van der Waals surface area contributed by atoms with Gasteiger partial charge >= 0.3 is 0 Å². The summed E-state index contributed by atoms with van der Waals surface area (Å²) in [6.07, 6.45) is 2.36. The second-order valence-corrected chi connectivity index (χ2v) is 6.71. The lowest BCUT2D eigenvalue weighted by molar-refractivity contribution is 0.400. The summed E-state index contributed by atoms with van der Waals surface area (Å²) in [7, 11) is 3.33. The molecule has 1 aromatic carbocycles. The summed E-state index contributed by atoms with van der Waals surface area (Å²) in [6, 6.07) is 7.80. The SMILES string of the molecule is COc1ccccc1Cc1nnc(SCc2ncc(C)c(OC)c2C)o1. The van der Waals surface area contributed by atoms with Gasteiger partial charge < -0.3 is 13.9 Å². The molecule has 6 nitrogen and oxygen atoms in total. The maximum atomic E-state index is 5.76. The number of aryl methyl sites for hydroxylation is 1. The minimum Gasteiger partial charge on any atom is -0.496 e. The van der Waals surface area contributed by atoms with E-state index in [0.29, 0.717) is 23.3 Å². The highest BCUT2D eigenvalue weighted by molar-refractivity contribution is 7.98. The number of aromatic nitrogens is 3. The zero-order valence-electron chi connectivity index (χ0n) is 15.3. The summed E-state index contributed by atoms with van der Waals surface area (Å²) in [5, 5.41) is 8.77. The number of nitrogens with zero attached hydrogens (tertiary/aromatic N) is 3. The second kappa shape index (κ2) is 8.23. The number of pyridine rings is 1. The molecule has 0 saturated heterocycles. The van der Waals surface area contributed by atoms with Gasteiger partial charge in [0, 0.05) is 28.6 Å². The summed E-state index contributed by atoms with van der Waals surface area (Å²) in [5.74, 6) is 2.88. The number of thioether (sulfide) groups is 1. The first kappa shape index (κ1) is 18.3. The van der Waals surface area contributed by atoms with Crippen LogP contribution in [0, 0.1) is 13.8 Å². The van der Waals surface area contributed by atoms with Gasteiger partial charge in [-0.3, -0.25) is 4.98 Å². The molecule has 0 bridgehead atoms. The molecule has 136 valence electrons. The first-order chi connectivity index (χ1) is 12.6. The van der Waals surface area contributed by atoms with Gasteiger partial charge in [0.1, 0.15) is 11.5 Å². The largest absolute Gasteiger partial charge is 0.496 e. The minimum absolute atomic E-state index is 0.524. The van der Waals surface area contributed by atoms with E-state index in [4.69, 9.17) is 13.9 Å². The molecule has 3 rings (SSSR count). The molecule has 0 unspecified atom stereocenters. The number of rotatable bonds is 7. The van der Waals surface area contributed by atoms with Crippen molar-refractivity contribution in [3.8, 4) is 11.5 Å². The van der Waals surface area contributed by atoms with Crippen LogP contribution in [0.3, 0.4) is 0 Å². The predicted molar refractivity (Wildman–Crippen MR) is 99.9 cm³/mol. The molecular weight excluding hydrogens is 350 g/mol. The molecule has 0 aliphatic heterocycles. The van der Waals surface area contributed by atoms with Gasteiger partial charge in [-0.25, -0.2) is 0 Å². The molecule has 2 aromatic heterocycles. The van der Waals surface area contributed by atoms with Crippen molar-refractivity contribution in [1.82, 2.24) is 15.2 Å². The van der Waals surface area contributed by atoms with Crippen molar-refractivity contribution >= 4 is 11.8 Å². The third-order valence-electron chi connectivity index (χ3n) is 4.06. The van der Waals surface area contributed by atoms with Crippen LogP contribution in [0.25, 0.3) is 0 Å². The van der Waals surface area contributed by atoms with Crippen molar-refractivity contribution in [2.24, 2.45) is 0 Å². The van der Waals surface area contributed by atoms with E-state index < -0.39 is 0 Å². The van der Waals surface area contributed by atoms with E-state index in [1.807, 2.05) is 44.3 Å². The Morgan fingerprint density at radius 3 is 2.65 bits per heavy atom. The first-order valence-electron chi connectivity index (χ1n) is 8.18. The third-order valence-corrected chi connectivity index (χ3v) is 4.89. The molecule has 0 atom stereocenters. The lowest BCUT2D eigenvalue weighted by Gasteiger charge is -2.11. The minimum atomic E-state index is 0.524. The van der Waals surface area contributed by atoms with Crippen molar-refractivity contribution in [2.75, 3.05) is 14.2 Å². The zero-order valence-corrected chi connectivity index (χ0v) is 16.1. The lowest BCUT2D eigenvalue weighted by Crippen LogP contribution is -1.98. The van der Waals surface area contributed by atoms with E-state index in [2.05, 4.69) is 15.2 Å². The Morgan fingerprint density at radius 2 is 1.88 bits per heavy atom. The number of hydrogen-bond acceptors (Lipinski definition) is 7. The van der Waals surface area contributed by atoms with E-state index in [9.17, 15) is 0 Å². The standard InChI is InChI=1S/C19H21N3O3S/c1-12-10-20-15(13(2)18(12)24-4)11-26-19-22-21-17(25-19)9-14-7-5-6-8-16(14)23-3/h5-8,10H,9,11H2,1-4H3. The van der Waals surface area contributed by atoms with Gasteiger partial charge in [0.05, 0.1) is 26.3 Å². The second-order valence-electron chi connectivity index (χ2n) is 5.79. The maximum Gasteiger partial charge on any atom is 0.276 e. The first-order valence-corrected chi connectivity index (χ1v) is 9.17. The molecule has 0 aliphatic rings. The van der Waals surface area contributed by atoms with Crippen molar-refractivity contribution in [2.45, 2.75) is 31.2 Å². The smallest absolute Gasteiger partial charge is 0.276 e. The van der Waals surface area contributed by atoms with Crippen molar-refractivity contribution in [1.29, 1.82) is 0 Å². The fourth-order valence-electron chi connectivity index (χ4n) is 2.73. The van der Waals surface area contributed by atoms with Crippen LogP contribution in [0.2, 0.25) is 0 Å². The highest BCUT2D eigenvalue weighted by Crippen LogP contribution is 2.29. The van der Waals surface area contributed by atoms with Gasteiger partial charge in [-0.05, 0) is 19.9 Å². The number of para-hydroxylation sites is 1. The highest BCUT2D eigenvalue weighted by Gasteiger charge is 2.13. The van der Waals surface area contributed by atoms with E-state index in [1.54, 1.807) is 14.2 Å². The Balaban J connectivity index is 1.68. The predicted octanol–water partition coefficient (Wildman–Crippen LogP) is 3.98. The summed E-state index contributed by atoms with van der Waals surface area (Å²) >= 11 is 1.46. The van der Waals surface area contributed by atoms with Gasteiger partial charge in [-0.15, -0.1) is 10.2 Å². The molecule has 0 aliphatic carbocycles. The van der Waals surface area contributed by atoms with Crippen LogP contribution in [-0.2, 0) is 12.2 Å². The van der Waals surface area contributed by atoms with Crippen LogP contribution in [0.5, 0.6) is 11.5 Å². The maximum absolute atomic E-state index is 5.76. The quantitative estimate of drug-likeness (QED) is 0.582. The highest BCUT2D eigenvalue weighted by atomic mass is 32.2. The molecule has 0 spiro atoms. The van der Waals surface area contributed by atoms with Gasteiger partial charge in [0.2, 0.25) is 5.89 Å². The van der Waals surface area contributed by atoms with E-state index >= 15 is 0 Å². The molecule has 3 aromatic rings. The van der Waals surface area contributed by atoms with Gasteiger partial charge in [0.15, 0.2) is 0 Å². The Labute approximate surface area is 157 Å². The van der Waals surface area contributed by atoms with Crippen LogP contribution in [0.1, 0.15) is 28.3 Å². The summed E-state index contributed by atoms with van der Waals surface area (Å²) in [4.78, 5) is 4.49. The van der Waals surface area contributed by atoms with E-state index in [1.165, 1.54) is 11.8 Å². The normalized spacial score (nSPS) is 10.8. The van der Waals surface area contributed by atoms with Gasteiger partial charge in [-0.2, -0.15) is 0 Å². The Hall–Kier alpha value is -2.54. The fourth-order valence-corrected chi connectivity index (χ4v) is 3.53. The molecule has 0 amide bonds. The molecule has 0 radical (unpaired) electrons. The van der Waals surface area contributed by atoms with Crippen LogP contribution in [-0.4, -0.2) is 29.4 Å².